The second-order valence-corrected chi connectivity index (χ2v) is 4.96. The summed E-state index contributed by atoms with van der Waals surface area (Å²) in [5, 5.41) is 4.44. The molecule has 3 N–H and O–H groups in total. The average molecular weight is 258 g/mol. The lowest BCUT2D eigenvalue weighted by atomic mass is 10.2. The summed E-state index contributed by atoms with van der Waals surface area (Å²) in [6.45, 7) is 1.96. The Labute approximate surface area is 101 Å². The molecule has 0 radical (unpaired) electrons. The fraction of sp³-hybridized carbons (Fsp3) is 0.111. The van der Waals surface area contributed by atoms with Crippen LogP contribution < -0.4 is 11.1 Å². The van der Waals surface area contributed by atoms with E-state index in [0.717, 1.165) is 20.8 Å². The van der Waals surface area contributed by atoms with Crippen LogP contribution in [0.15, 0.2) is 12.1 Å². The number of aromatic nitrogens is 1. The van der Waals surface area contributed by atoms with E-state index >= 15 is 0 Å². The Morgan fingerprint density at radius 2 is 2.33 bits per heavy atom. The normalized spacial score (nSPS) is 10.5. The van der Waals surface area contributed by atoms with Gasteiger partial charge in [0.05, 0.1) is 10.2 Å². The molecule has 1 heterocycles. The first-order valence-corrected chi connectivity index (χ1v) is 5.79. The predicted molar refractivity (Wildman–Crippen MR) is 69.8 cm³/mol. The maximum atomic E-state index is 6.00. The summed E-state index contributed by atoms with van der Waals surface area (Å²) in [5.41, 5.74) is 7.26. The van der Waals surface area contributed by atoms with E-state index in [1.807, 2.05) is 19.1 Å². The lowest BCUT2D eigenvalue weighted by molar-refractivity contribution is 1.45. The molecule has 0 aliphatic carbocycles. The predicted octanol–water partition coefficient (Wildman–Crippen LogP) is 2.91. The molecule has 6 heteroatoms. The van der Waals surface area contributed by atoms with Crippen molar-refractivity contribution in [3.8, 4) is 0 Å². The van der Waals surface area contributed by atoms with Gasteiger partial charge in [0.15, 0.2) is 10.2 Å². The highest BCUT2D eigenvalue weighted by Crippen LogP contribution is 2.30. The van der Waals surface area contributed by atoms with E-state index in [4.69, 9.17) is 29.6 Å². The Morgan fingerprint density at radius 3 is 3.00 bits per heavy atom. The third kappa shape index (κ3) is 2.19. The van der Waals surface area contributed by atoms with E-state index in [9.17, 15) is 0 Å². The number of halogens is 1. The van der Waals surface area contributed by atoms with Crippen LogP contribution in [0, 0.1) is 6.92 Å². The number of fused-ring (bicyclic) bond motifs is 1. The van der Waals surface area contributed by atoms with Gasteiger partial charge in [-0.15, -0.1) is 0 Å². The van der Waals surface area contributed by atoms with Gasteiger partial charge in [0.1, 0.15) is 0 Å². The zero-order chi connectivity index (χ0) is 11.0. The van der Waals surface area contributed by atoms with Crippen LogP contribution in [-0.2, 0) is 0 Å². The zero-order valence-electron chi connectivity index (χ0n) is 7.87. The van der Waals surface area contributed by atoms with E-state index < -0.39 is 0 Å². The topological polar surface area (TPSA) is 50.9 Å². The molecule has 2 rings (SSSR count). The van der Waals surface area contributed by atoms with Crippen molar-refractivity contribution in [1.82, 2.24) is 4.98 Å². The molecule has 0 atom stereocenters. The summed E-state index contributed by atoms with van der Waals surface area (Å²) in [5.74, 6) is 0. The summed E-state index contributed by atoms with van der Waals surface area (Å²) in [4.78, 5) is 4.31. The van der Waals surface area contributed by atoms with Crippen LogP contribution in [0.3, 0.4) is 0 Å². The Balaban J connectivity index is 2.51. The minimum atomic E-state index is 0.219. The number of thiocarbonyl (C=S) groups is 1. The van der Waals surface area contributed by atoms with Crippen LogP contribution in [0.5, 0.6) is 0 Å². The van der Waals surface area contributed by atoms with Crippen molar-refractivity contribution < 1.29 is 0 Å². The first-order chi connectivity index (χ1) is 7.06. The highest BCUT2D eigenvalue weighted by molar-refractivity contribution is 7.80. The van der Waals surface area contributed by atoms with Crippen molar-refractivity contribution >= 4 is 55.6 Å². The lowest BCUT2D eigenvalue weighted by Gasteiger charge is -1.94. The molecule has 0 spiro atoms. The zero-order valence-corrected chi connectivity index (χ0v) is 10.3. The fourth-order valence-electron chi connectivity index (χ4n) is 1.21. The summed E-state index contributed by atoms with van der Waals surface area (Å²) in [6, 6.07) is 3.84. The first kappa shape index (κ1) is 10.6. The third-order valence-electron chi connectivity index (χ3n) is 1.90. The van der Waals surface area contributed by atoms with E-state index in [-0.39, 0.29) is 5.11 Å². The van der Waals surface area contributed by atoms with Crippen LogP contribution in [0.25, 0.3) is 10.2 Å². The van der Waals surface area contributed by atoms with Gasteiger partial charge >= 0.3 is 0 Å². The van der Waals surface area contributed by atoms with E-state index in [1.165, 1.54) is 11.3 Å². The molecule has 0 aliphatic heterocycles. The number of hydrogen-bond donors (Lipinski definition) is 2. The molecular formula is C9H8ClN3S2. The molecular weight excluding hydrogens is 250 g/mol. The number of thiazole rings is 1. The molecule has 78 valence electrons. The minimum Gasteiger partial charge on any atom is -0.376 e. The monoisotopic (exact) mass is 257 g/mol. The van der Waals surface area contributed by atoms with E-state index in [2.05, 4.69) is 10.3 Å². The van der Waals surface area contributed by atoms with Gasteiger partial charge in [-0.2, -0.15) is 0 Å². The van der Waals surface area contributed by atoms with Crippen molar-refractivity contribution in [3.63, 3.8) is 0 Å². The highest BCUT2D eigenvalue weighted by Gasteiger charge is 2.06. The van der Waals surface area contributed by atoms with Gasteiger partial charge in [-0.3, -0.25) is 0 Å². The molecule has 0 unspecified atom stereocenters. The molecule has 0 aliphatic rings. The number of anilines is 1. The van der Waals surface area contributed by atoms with Crippen LogP contribution in [-0.4, -0.2) is 10.1 Å². The molecule has 1 aromatic heterocycles. The average Bonchev–Trinajstić information content (AvgIpc) is 2.46. The van der Waals surface area contributed by atoms with Crippen LogP contribution in [0.4, 0.5) is 5.13 Å². The summed E-state index contributed by atoms with van der Waals surface area (Å²) >= 11 is 12.2. The van der Waals surface area contributed by atoms with E-state index in [0.29, 0.717) is 5.13 Å². The molecule has 15 heavy (non-hydrogen) atoms. The number of aryl methyl sites for hydroxylation is 1. The molecule has 0 saturated heterocycles. The Morgan fingerprint density at radius 1 is 1.60 bits per heavy atom. The number of benzene rings is 1. The van der Waals surface area contributed by atoms with Crippen molar-refractivity contribution in [2.45, 2.75) is 6.92 Å². The van der Waals surface area contributed by atoms with Gasteiger partial charge in [0, 0.05) is 5.02 Å². The first-order valence-electron chi connectivity index (χ1n) is 4.19. The largest absolute Gasteiger partial charge is 0.376 e. The lowest BCUT2D eigenvalue weighted by Crippen LogP contribution is -2.18. The number of nitrogens with zero attached hydrogens (tertiary/aromatic N) is 1. The van der Waals surface area contributed by atoms with Crippen LogP contribution in [0.1, 0.15) is 5.56 Å². The summed E-state index contributed by atoms with van der Waals surface area (Å²) in [7, 11) is 0. The van der Waals surface area contributed by atoms with Crippen LogP contribution in [0.2, 0.25) is 5.02 Å². The number of rotatable bonds is 1. The van der Waals surface area contributed by atoms with Gasteiger partial charge in [0.2, 0.25) is 0 Å². The van der Waals surface area contributed by atoms with Gasteiger partial charge in [-0.25, -0.2) is 4.98 Å². The number of hydrogen-bond acceptors (Lipinski definition) is 3. The summed E-state index contributed by atoms with van der Waals surface area (Å²) in [6.07, 6.45) is 0. The number of nitrogens with one attached hydrogen (secondary N) is 1. The van der Waals surface area contributed by atoms with Gasteiger partial charge in [-0.1, -0.05) is 22.9 Å². The molecule has 2 aromatic rings. The molecule has 1 aromatic carbocycles. The maximum absolute atomic E-state index is 6.00. The van der Waals surface area contributed by atoms with Gasteiger partial charge in [-0.05, 0) is 36.8 Å². The third-order valence-corrected chi connectivity index (χ3v) is 3.34. The van der Waals surface area contributed by atoms with Gasteiger partial charge < -0.3 is 11.1 Å². The SMILES string of the molecule is Cc1cc2sc(NC(N)=S)nc2cc1Cl. The standard InChI is InChI=1S/C9H8ClN3S2/c1-4-2-7-6(3-5(4)10)12-9(15-7)13-8(11)14/h2-3H,1H3,(H3,11,12,13,14). The molecule has 0 saturated carbocycles. The Kier molecular flexibility index (Phi) is 2.77. The Hall–Kier alpha value is -0.910. The highest BCUT2D eigenvalue weighted by atomic mass is 35.5. The fourth-order valence-corrected chi connectivity index (χ4v) is 2.49. The maximum Gasteiger partial charge on any atom is 0.190 e. The molecule has 0 fully saturated rings. The second-order valence-electron chi connectivity index (χ2n) is 3.08. The van der Waals surface area contributed by atoms with Crippen molar-refractivity contribution in [2.24, 2.45) is 5.73 Å². The van der Waals surface area contributed by atoms with Gasteiger partial charge in [0.25, 0.3) is 0 Å². The second kappa shape index (κ2) is 3.92. The Bertz CT molecular complexity index is 496. The van der Waals surface area contributed by atoms with Crippen molar-refractivity contribution in [1.29, 1.82) is 0 Å². The minimum absolute atomic E-state index is 0.219. The molecule has 3 nitrogen and oxygen atoms in total. The van der Waals surface area contributed by atoms with E-state index in [1.54, 1.807) is 0 Å². The van der Waals surface area contributed by atoms with Crippen LogP contribution >= 0.6 is 35.2 Å². The molecule has 0 amide bonds. The van der Waals surface area contributed by atoms with Crippen molar-refractivity contribution in [3.05, 3.63) is 22.7 Å². The quantitative estimate of drug-likeness (QED) is 0.772. The smallest absolute Gasteiger partial charge is 0.190 e. The summed E-state index contributed by atoms with van der Waals surface area (Å²) < 4.78 is 1.07. The number of nitrogens with two attached hydrogens (primary N) is 1. The molecule has 0 bridgehead atoms. The van der Waals surface area contributed by atoms with Crippen molar-refractivity contribution in [2.75, 3.05) is 5.32 Å².